The van der Waals surface area contributed by atoms with Gasteiger partial charge in [-0.15, -0.1) is 0 Å². The van der Waals surface area contributed by atoms with Crippen molar-refractivity contribution in [2.24, 2.45) is 5.41 Å². The summed E-state index contributed by atoms with van der Waals surface area (Å²) in [6.07, 6.45) is 8.46. The minimum absolute atomic E-state index is 0.609. The summed E-state index contributed by atoms with van der Waals surface area (Å²) < 4.78 is 0. The fourth-order valence-electron chi connectivity index (χ4n) is 2.82. The smallest absolute Gasteiger partial charge is 0.0193 e. The average Bonchev–Trinajstić information content (AvgIpc) is 2.65. The summed E-state index contributed by atoms with van der Waals surface area (Å²) in [5.41, 5.74) is 0.609. The van der Waals surface area contributed by atoms with Crippen LogP contribution in [-0.2, 0) is 0 Å². The largest absolute Gasteiger partial charge is 0.315 e. The second-order valence-corrected chi connectivity index (χ2v) is 5.44. The van der Waals surface area contributed by atoms with Crippen LogP contribution in [0.5, 0.6) is 0 Å². The molecule has 0 aromatic rings. The Labute approximate surface area is 87.8 Å². The zero-order valence-electron chi connectivity index (χ0n) is 9.44. The minimum atomic E-state index is 0.609. The standard InChI is InChI=1S/C12H24N2/c1-12(6-2-3-7-12)10-14-11-5-4-8-13-9-11/h11,13-14H,2-10H2,1H3. The molecule has 1 atom stereocenters. The Morgan fingerprint density at radius 2 is 2.07 bits per heavy atom. The van der Waals surface area contributed by atoms with E-state index in [1.807, 2.05) is 0 Å². The van der Waals surface area contributed by atoms with Crippen LogP contribution in [0.15, 0.2) is 0 Å². The van der Waals surface area contributed by atoms with Crippen molar-refractivity contribution in [3.63, 3.8) is 0 Å². The van der Waals surface area contributed by atoms with Crippen molar-refractivity contribution >= 4 is 0 Å². The van der Waals surface area contributed by atoms with Crippen molar-refractivity contribution < 1.29 is 0 Å². The molecule has 2 heteroatoms. The molecular formula is C12H24N2. The van der Waals surface area contributed by atoms with Crippen LogP contribution < -0.4 is 10.6 Å². The van der Waals surface area contributed by atoms with Gasteiger partial charge in [-0.2, -0.15) is 0 Å². The summed E-state index contributed by atoms with van der Waals surface area (Å²) in [6, 6.07) is 0.737. The quantitative estimate of drug-likeness (QED) is 0.720. The molecule has 0 radical (unpaired) electrons. The highest BCUT2D eigenvalue weighted by Crippen LogP contribution is 2.36. The Kier molecular flexibility index (Phi) is 3.45. The van der Waals surface area contributed by atoms with Crippen molar-refractivity contribution in [2.45, 2.75) is 51.5 Å². The van der Waals surface area contributed by atoms with Gasteiger partial charge in [0.1, 0.15) is 0 Å². The summed E-state index contributed by atoms with van der Waals surface area (Å²) >= 11 is 0. The van der Waals surface area contributed by atoms with E-state index in [9.17, 15) is 0 Å². The molecule has 0 amide bonds. The van der Waals surface area contributed by atoms with E-state index in [1.54, 1.807) is 0 Å². The molecule has 2 fully saturated rings. The second-order valence-electron chi connectivity index (χ2n) is 5.44. The molecule has 1 saturated heterocycles. The van der Waals surface area contributed by atoms with Gasteiger partial charge in [0.15, 0.2) is 0 Å². The van der Waals surface area contributed by atoms with Crippen molar-refractivity contribution in [2.75, 3.05) is 19.6 Å². The molecule has 0 aromatic carbocycles. The summed E-state index contributed by atoms with van der Waals surface area (Å²) in [6.45, 7) is 6.08. The van der Waals surface area contributed by atoms with Crippen LogP contribution in [0.4, 0.5) is 0 Å². The number of nitrogens with one attached hydrogen (secondary N) is 2. The maximum absolute atomic E-state index is 3.74. The molecule has 2 N–H and O–H groups in total. The molecule has 2 aliphatic rings. The number of rotatable bonds is 3. The molecule has 1 unspecified atom stereocenters. The van der Waals surface area contributed by atoms with Gasteiger partial charge in [-0.05, 0) is 37.6 Å². The minimum Gasteiger partial charge on any atom is -0.315 e. The first-order valence-corrected chi connectivity index (χ1v) is 6.23. The molecule has 1 aliphatic carbocycles. The lowest BCUT2D eigenvalue weighted by Crippen LogP contribution is -2.46. The van der Waals surface area contributed by atoms with Gasteiger partial charge in [0, 0.05) is 19.1 Å². The van der Waals surface area contributed by atoms with Crippen molar-refractivity contribution in [1.29, 1.82) is 0 Å². The fraction of sp³-hybridized carbons (Fsp3) is 1.00. The van der Waals surface area contributed by atoms with E-state index in [0.29, 0.717) is 5.41 Å². The third-order valence-corrected chi connectivity index (χ3v) is 3.93. The highest BCUT2D eigenvalue weighted by atomic mass is 15.0. The lowest BCUT2D eigenvalue weighted by molar-refractivity contribution is 0.278. The third-order valence-electron chi connectivity index (χ3n) is 3.93. The predicted octanol–water partition coefficient (Wildman–Crippen LogP) is 1.91. The monoisotopic (exact) mass is 196 g/mol. The van der Waals surface area contributed by atoms with E-state index in [4.69, 9.17) is 0 Å². The van der Waals surface area contributed by atoms with E-state index in [-0.39, 0.29) is 0 Å². The van der Waals surface area contributed by atoms with Gasteiger partial charge in [-0.3, -0.25) is 0 Å². The van der Waals surface area contributed by atoms with Crippen LogP contribution in [0.25, 0.3) is 0 Å². The first-order chi connectivity index (χ1) is 6.79. The van der Waals surface area contributed by atoms with Crippen LogP contribution >= 0.6 is 0 Å². The molecule has 0 aromatic heterocycles. The Balaban J connectivity index is 1.70. The number of hydrogen-bond acceptors (Lipinski definition) is 2. The fourth-order valence-corrected chi connectivity index (χ4v) is 2.82. The average molecular weight is 196 g/mol. The van der Waals surface area contributed by atoms with Gasteiger partial charge in [-0.1, -0.05) is 19.8 Å². The second kappa shape index (κ2) is 4.63. The Hall–Kier alpha value is -0.0800. The zero-order valence-corrected chi connectivity index (χ0v) is 9.44. The molecular weight excluding hydrogens is 172 g/mol. The molecule has 0 spiro atoms. The van der Waals surface area contributed by atoms with Gasteiger partial charge in [0.05, 0.1) is 0 Å². The SMILES string of the molecule is CC1(CNC2CCCNC2)CCCC1. The third kappa shape index (κ3) is 2.71. The van der Waals surface area contributed by atoms with E-state index < -0.39 is 0 Å². The highest BCUT2D eigenvalue weighted by Gasteiger charge is 2.29. The summed E-state index contributed by atoms with van der Waals surface area (Å²) in [7, 11) is 0. The summed E-state index contributed by atoms with van der Waals surface area (Å²) in [4.78, 5) is 0. The molecule has 1 saturated carbocycles. The molecule has 2 nitrogen and oxygen atoms in total. The number of hydrogen-bond donors (Lipinski definition) is 2. The Morgan fingerprint density at radius 1 is 1.29 bits per heavy atom. The lowest BCUT2D eigenvalue weighted by atomic mass is 9.88. The molecule has 2 rings (SSSR count). The first-order valence-electron chi connectivity index (χ1n) is 6.23. The first kappa shape index (κ1) is 10.4. The summed E-state index contributed by atoms with van der Waals surface area (Å²) in [5, 5.41) is 7.20. The van der Waals surface area contributed by atoms with Gasteiger partial charge in [0.2, 0.25) is 0 Å². The van der Waals surface area contributed by atoms with Crippen molar-refractivity contribution in [3.8, 4) is 0 Å². The molecule has 1 aliphatic heterocycles. The van der Waals surface area contributed by atoms with Crippen LogP contribution in [0.2, 0.25) is 0 Å². The molecule has 1 heterocycles. The Morgan fingerprint density at radius 3 is 2.71 bits per heavy atom. The molecule has 14 heavy (non-hydrogen) atoms. The molecule has 0 bridgehead atoms. The highest BCUT2D eigenvalue weighted by molar-refractivity contribution is 4.85. The zero-order chi connectivity index (χ0) is 9.86. The van der Waals surface area contributed by atoms with Crippen LogP contribution in [0.3, 0.4) is 0 Å². The van der Waals surface area contributed by atoms with Gasteiger partial charge < -0.3 is 10.6 Å². The van der Waals surface area contributed by atoms with Gasteiger partial charge in [0.25, 0.3) is 0 Å². The number of piperidine rings is 1. The topological polar surface area (TPSA) is 24.1 Å². The molecule has 82 valence electrons. The lowest BCUT2D eigenvalue weighted by Gasteiger charge is -2.30. The summed E-state index contributed by atoms with van der Waals surface area (Å²) in [5.74, 6) is 0. The van der Waals surface area contributed by atoms with E-state index in [0.717, 1.165) is 6.04 Å². The van der Waals surface area contributed by atoms with Crippen LogP contribution in [-0.4, -0.2) is 25.7 Å². The van der Waals surface area contributed by atoms with Crippen molar-refractivity contribution in [1.82, 2.24) is 10.6 Å². The van der Waals surface area contributed by atoms with E-state index in [1.165, 1.54) is 58.2 Å². The van der Waals surface area contributed by atoms with Gasteiger partial charge in [-0.25, -0.2) is 0 Å². The van der Waals surface area contributed by atoms with Crippen LogP contribution in [0.1, 0.15) is 45.4 Å². The van der Waals surface area contributed by atoms with Crippen molar-refractivity contribution in [3.05, 3.63) is 0 Å². The van der Waals surface area contributed by atoms with Gasteiger partial charge >= 0.3 is 0 Å². The van der Waals surface area contributed by atoms with E-state index >= 15 is 0 Å². The predicted molar refractivity (Wildman–Crippen MR) is 60.5 cm³/mol. The maximum atomic E-state index is 3.74. The maximum Gasteiger partial charge on any atom is 0.0193 e. The normalized spacial score (nSPS) is 31.9. The van der Waals surface area contributed by atoms with Crippen LogP contribution in [0, 0.1) is 5.41 Å². The Bertz CT molecular complexity index is 167. The van der Waals surface area contributed by atoms with E-state index in [2.05, 4.69) is 17.6 Å².